The van der Waals surface area contributed by atoms with Gasteiger partial charge >= 0.3 is 17.9 Å². The smallest absolute Gasteiger partial charge is 0.306 e. The maximum atomic E-state index is 12.9. The van der Waals surface area contributed by atoms with E-state index in [1.54, 1.807) is 0 Å². The molecule has 0 aliphatic rings. The number of esters is 3. The van der Waals surface area contributed by atoms with Crippen molar-refractivity contribution in [3.63, 3.8) is 0 Å². The molecule has 1 atom stereocenters. The van der Waals surface area contributed by atoms with Crippen LogP contribution in [0.15, 0.2) is 97.2 Å². The normalized spacial score (nSPS) is 12.7. The lowest BCUT2D eigenvalue weighted by Crippen LogP contribution is -2.30. The van der Waals surface area contributed by atoms with E-state index in [-0.39, 0.29) is 31.1 Å². The van der Waals surface area contributed by atoms with Crippen molar-refractivity contribution in [1.82, 2.24) is 0 Å². The number of carbonyl (C=O) groups is 3. The first-order valence-electron chi connectivity index (χ1n) is 31.2. The molecule has 1 unspecified atom stereocenters. The highest BCUT2D eigenvalue weighted by molar-refractivity contribution is 5.71. The molecule has 74 heavy (non-hydrogen) atoms. The summed E-state index contributed by atoms with van der Waals surface area (Å²) in [5.74, 6) is -0.919. The standard InChI is InChI=1S/C68H116O6/c1-4-7-10-13-16-19-22-25-28-30-31-32-33-34-35-36-37-38-41-43-46-49-52-55-58-61-67(70)73-64-65(63-72-66(69)60-57-54-51-48-45-42-39-27-24-21-18-15-12-9-6-3)74-68(71)62-59-56-53-50-47-44-40-29-26-23-20-17-14-11-8-5-2/h9,12,18,20-23,25,27,29-31,33-34,39-40,65H,4-8,10-11,13-17,19,24,26,28,32,35-38,41-64H2,1-3H3/b12-9-,21-18-,23-20-,25-22-,31-30-,34-33-,39-27-,40-29-. The molecule has 0 heterocycles. The Bertz CT molecular complexity index is 1460. The van der Waals surface area contributed by atoms with Crippen molar-refractivity contribution in [1.29, 1.82) is 0 Å². The van der Waals surface area contributed by atoms with E-state index in [0.717, 1.165) is 135 Å². The van der Waals surface area contributed by atoms with Gasteiger partial charge in [-0.3, -0.25) is 14.4 Å². The van der Waals surface area contributed by atoms with Gasteiger partial charge in [-0.25, -0.2) is 0 Å². The van der Waals surface area contributed by atoms with Gasteiger partial charge in [0.25, 0.3) is 0 Å². The monoisotopic (exact) mass is 1030 g/mol. The highest BCUT2D eigenvalue weighted by atomic mass is 16.6. The fraction of sp³-hybridized carbons (Fsp3) is 0.721. The Kier molecular flexibility index (Phi) is 58.8. The first kappa shape index (κ1) is 70.3. The number of rotatable bonds is 56. The van der Waals surface area contributed by atoms with Gasteiger partial charge in [-0.15, -0.1) is 0 Å². The van der Waals surface area contributed by atoms with Crippen molar-refractivity contribution >= 4 is 17.9 Å². The summed E-state index contributed by atoms with van der Waals surface area (Å²) in [4.78, 5) is 38.3. The average molecular weight is 1030 g/mol. The number of allylic oxidation sites excluding steroid dienone is 16. The summed E-state index contributed by atoms with van der Waals surface area (Å²) in [6.07, 6.45) is 82.6. The Morgan fingerprint density at radius 3 is 0.838 bits per heavy atom. The van der Waals surface area contributed by atoms with Gasteiger partial charge in [0.2, 0.25) is 0 Å². The summed E-state index contributed by atoms with van der Waals surface area (Å²) in [5.41, 5.74) is 0. The molecule has 0 saturated heterocycles. The van der Waals surface area contributed by atoms with Crippen molar-refractivity contribution in [2.45, 2.75) is 303 Å². The average Bonchev–Trinajstić information content (AvgIpc) is 3.40. The summed E-state index contributed by atoms with van der Waals surface area (Å²) in [7, 11) is 0. The minimum Gasteiger partial charge on any atom is -0.462 e. The molecule has 0 bridgehead atoms. The molecule has 0 aromatic carbocycles. The Balaban J connectivity index is 4.36. The van der Waals surface area contributed by atoms with Crippen molar-refractivity contribution in [3.05, 3.63) is 97.2 Å². The first-order chi connectivity index (χ1) is 36.5. The van der Waals surface area contributed by atoms with Gasteiger partial charge < -0.3 is 14.2 Å². The minimum absolute atomic E-state index is 0.0910. The predicted molar refractivity (Wildman–Crippen MR) is 320 cm³/mol. The van der Waals surface area contributed by atoms with E-state index in [0.29, 0.717) is 19.3 Å². The summed E-state index contributed by atoms with van der Waals surface area (Å²) in [6.45, 7) is 6.49. The zero-order chi connectivity index (χ0) is 53.6. The summed E-state index contributed by atoms with van der Waals surface area (Å²) in [5, 5.41) is 0. The molecular formula is C68H116O6. The largest absolute Gasteiger partial charge is 0.462 e. The van der Waals surface area contributed by atoms with E-state index in [1.807, 2.05) is 0 Å². The van der Waals surface area contributed by atoms with E-state index in [1.165, 1.54) is 122 Å². The van der Waals surface area contributed by atoms with Crippen molar-refractivity contribution in [2.24, 2.45) is 0 Å². The van der Waals surface area contributed by atoms with E-state index in [9.17, 15) is 14.4 Å². The van der Waals surface area contributed by atoms with Crippen LogP contribution in [0.4, 0.5) is 0 Å². The molecule has 0 fully saturated rings. The molecule has 0 aliphatic carbocycles. The van der Waals surface area contributed by atoms with Crippen LogP contribution in [0.2, 0.25) is 0 Å². The van der Waals surface area contributed by atoms with Gasteiger partial charge in [0.1, 0.15) is 13.2 Å². The van der Waals surface area contributed by atoms with Crippen LogP contribution in [-0.4, -0.2) is 37.2 Å². The van der Waals surface area contributed by atoms with Crippen LogP contribution < -0.4 is 0 Å². The Hall–Kier alpha value is -3.67. The highest BCUT2D eigenvalue weighted by Crippen LogP contribution is 2.15. The second kappa shape index (κ2) is 61.9. The van der Waals surface area contributed by atoms with Crippen LogP contribution in [0, 0.1) is 0 Å². The third-order valence-electron chi connectivity index (χ3n) is 13.3. The SMILES string of the molecule is CC/C=C\C/C=C\C/C=C\CCCCCCCC(=O)OCC(COC(=O)CCCCCCCCCCCC/C=C\C/C=C\C/C=C\CCCCCCC)OC(=O)CCCCCCC/C=C\C/C=C\CCCCCC. The van der Waals surface area contributed by atoms with E-state index >= 15 is 0 Å². The number of hydrogen-bond donors (Lipinski definition) is 0. The Labute approximate surface area is 457 Å². The third kappa shape index (κ3) is 59.2. The number of ether oxygens (including phenoxy) is 3. The van der Waals surface area contributed by atoms with Gasteiger partial charge in [-0.1, -0.05) is 253 Å². The van der Waals surface area contributed by atoms with Crippen LogP contribution in [-0.2, 0) is 28.6 Å². The van der Waals surface area contributed by atoms with Crippen molar-refractivity contribution < 1.29 is 28.6 Å². The summed E-state index contributed by atoms with van der Waals surface area (Å²) >= 11 is 0. The second-order valence-corrected chi connectivity index (χ2v) is 20.6. The molecule has 0 aromatic heterocycles. The number of carbonyl (C=O) groups excluding carboxylic acids is 3. The van der Waals surface area contributed by atoms with E-state index in [2.05, 4.69) is 118 Å². The third-order valence-corrected chi connectivity index (χ3v) is 13.3. The lowest BCUT2D eigenvalue weighted by Gasteiger charge is -2.18. The van der Waals surface area contributed by atoms with Crippen LogP contribution in [0.3, 0.4) is 0 Å². The molecule has 0 saturated carbocycles. The van der Waals surface area contributed by atoms with Crippen molar-refractivity contribution in [3.8, 4) is 0 Å². The molecule has 0 N–H and O–H groups in total. The summed E-state index contributed by atoms with van der Waals surface area (Å²) < 4.78 is 16.9. The van der Waals surface area contributed by atoms with Crippen molar-refractivity contribution in [2.75, 3.05) is 13.2 Å². The Morgan fingerprint density at radius 1 is 0.284 bits per heavy atom. The fourth-order valence-electron chi connectivity index (χ4n) is 8.61. The zero-order valence-electron chi connectivity index (χ0n) is 48.6. The lowest BCUT2D eigenvalue weighted by atomic mass is 10.1. The predicted octanol–water partition coefficient (Wildman–Crippen LogP) is 21.3. The highest BCUT2D eigenvalue weighted by Gasteiger charge is 2.19. The molecular weight excluding hydrogens is 913 g/mol. The fourth-order valence-corrected chi connectivity index (χ4v) is 8.61. The summed E-state index contributed by atoms with van der Waals surface area (Å²) in [6, 6.07) is 0. The second-order valence-electron chi connectivity index (χ2n) is 20.6. The van der Waals surface area contributed by atoms with Gasteiger partial charge in [0.05, 0.1) is 0 Å². The minimum atomic E-state index is -0.796. The quantitative estimate of drug-likeness (QED) is 0.0261. The number of unbranched alkanes of at least 4 members (excludes halogenated alkanes) is 29. The molecule has 0 aliphatic heterocycles. The van der Waals surface area contributed by atoms with E-state index < -0.39 is 6.10 Å². The van der Waals surface area contributed by atoms with Crippen LogP contribution in [0.25, 0.3) is 0 Å². The lowest BCUT2D eigenvalue weighted by molar-refractivity contribution is -0.167. The van der Waals surface area contributed by atoms with Gasteiger partial charge in [-0.05, 0) is 122 Å². The van der Waals surface area contributed by atoms with Crippen LogP contribution in [0.5, 0.6) is 0 Å². The zero-order valence-corrected chi connectivity index (χ0v) is 48.6. The van der Waals surface area contributed by atoms with E-state index in [4.69, 9.17) is 14.2 Å². The first-order valence-corrected chi connectivity index (χ1v) is 31.2. The van der Waals surface area contributed by atoms with Gasteiger partial charge in [-0.2, -0.15) is 0 Å². The van der Waals surface area contributed by atoms with Crippen LogP contribution in [0.1, 0.15) is 297 Å². The number of hydrogen-bond acceptors (Lipinski definition) is 6. The molecule has 424 valence electrons. The molecule has 0 aromatic rings. The van der Waals surface area contributed by atoms with Gasteiger partial charge in [0.15, 0.2) is 6.10 Å². The van der Waals surface area contributed by atoms with Crippen LogP contribution >= 0.6 is 0 Å². The Morgan fingerprint density at radius 2 is 0.527 bits per heavy atom. The molecule has 6 heteroatoms. The van der Waals surface area contributed by atoms with Gasteiger partial charge in [0, 0.05) is 19.3 Å². The topological polar surface area (TPSA) is 78.9 Å². The molecule has 6 nitrogen and oxygen atoms in total. The molecule has 0 rings (SSSR count). The maximum Gasteiger partial charge on any atom is 0.306 e. The molecule has 0 amide bonds. The molecule has 0 spiro atoms. The molecule has 0 radical (unpaired) electrons. The maximum absolute atomic E-state index is 12.9.